The normalized spacial score (nSPS) is 21.7. The molecule has 0 radical (unpaired) electrons. The highest BCUT2D eigenvalue weighted by Crippen LogP contribution is 2.32. The van der Waals surface area contributed by atoms with Gasteiger partial charge in [0.1, 0.15) is 5.75 Å². The van der Waals surface area contributed by atoms with Crippen LogP contribution >= 0.6 is 11.6 Å². The zero-order chi connectivity index (χ0) is 14.5. The number of alkyl halides is 1. The monoisotopic (exact) mass is 295 g/mol. The number of piperidine rings is 1. The smallest absolute Gasteiger partial charge is 0.124 e. The van der Waals surface area contributed by atoms with Crippen LogP contribution in [0.2, 0.25) is 0 Å². The molecular formula is C17H26ClNO. The molecule has 112 valence electrons. The van der Waals surface area contributed by atoms with Crippen molar-refractivity contribution in [3.8, 4) is 5.75 Å². The molecule has 0 N–H and O–H groups in total. The zero-order valence-electron chi connectivity index (χ0n) is 12.9. The third-order valence-corrected chi connectivity index (χ3v) is 4.34. The molecule has 1 aliphatic rings. The average Bonchev–Trinajstić information content (AvgIpc) is 2.41. The van der Waals surface area contributed by atoms with Crippen LogP contribution in [-0.4, -0.2) is 31.1 Å². The number of nitrogens with zero attached hydrogens (tertiary/aromatic N) is 1. The first-order valence-electron chi connectivity index (χ1n) is 7.70. The minimum atomic E-state index is 0.00162. The van der Waals surface area contributed by atoms with Crippen molar-refractivity contribution in [2.75, 3.05) is 26.2 Å². The van der Waals surface area contributed by atoms with E-state index in [1.54, 1.807) is 0 Å². The summed E-state index contributed by atoms with van der Waals surface area (Å²) in [4.78, 5) is 2.49. The van der Waals surface area contributed by atoms with E-state index < -0.39 is 0 Å². The molecule has 2 rings (SSSR count). The van der Waals surface area contributed by atoms with Crippen LogP contribution in [0.25, 0.3) is 0 Å². The van der Waals surface area contributed by atoms with Gasteiger partial charge >= 0.3 is 0 Å². The van der Waals surface area contributed by atoms with Crippen LogP contribution < -0.4 is 4.74 Å². The molecule has 0 saturated carbocycles. The molecule has 1 aromatic rings. The molecule has 0 bridgehead atoms. The Balaban J connectivity index is 2.07. The summed E-state index contributed by atoms with van der Waals surface area (Å²) in [5.74, 6) is 1.72. The van der Waals surface area contributed by atoms with Crippen LogP contribution in [0.1, 0.15) is 43.2 Å². The number of ether oxygens (including phenoxy) is 1. The van der Waals surface area contributed by atoms with E-state index in [4.69, 9.17) is 16.3 Å². The summed E-state index contributed by atoms with van der Waals surface area (Å²) in [7, 11) is 0. The number of likely N-dealkylation sites (tertiary alicyclic amines) is 1. The minimum Gasteiger partial charge on any atom is -0.494 e. The zero-order valence-corrected chi connectivity index (χ0v) is 13.6. The number of rotatable bonds is 5. The van der Waals surface area contributed by atoms with E-state index in [-0.39, 0.29) is 5.38 Å². The standard InChI is InChI=1S/C17H26ClNO/c1-4-20-17-8-7-13(2)10-15(17)16(18)12-19-9-5-6-14(3)11-19/h7-8,10,14,16H,4-6,9,11-12H2,1-3H3. The lowest BCUT2D eigenvalue weighted by Gasteiger charge is -2.32. The number of halogens is 1. The summed E-state index contributed by atoms with van der Waals surface area (Å²) in [6, 6.07) is 6.29. The van der Waals surface area contributed by atoms with Crippen molar-refractivity contribution in [2.45, 2.75) is 39.0 Å². The highest BCUT2D eigenvalue weighted by molar-refractivity contribution is 6.21. The highest BCUT2D eigenvalue weighted by atomic mass is 35.5. The summed E-state index contributed by atoms with van der Waals surface area (Å²) in [6.07, 6.45) is 2.63. The average molecular weight is 296 g/mol. The van der Waals surface area contributed by atoms with Crippen molar-refractivity contribution in [1.29, 1.82) is 0 Å². The van der Waals surface area contributed by atoms with Crippen LogP contribution in [0, 0.1) is 12.8 Å². The first kappa shape index (κ1) is 15.7. The highest BCUT2D eigenvalue weighted by Gasteiger charge is 2.21. The molecule has 20 heavy (non-hydrogen) atoms. The second-order valence-electron chi connectivity index (χ2n) is 5.95. The second kappa shape index (κ2) is 7.33. The van der Waals surface area contributed by atoms with E-state index >= 15 is 0 Å². The van der Waals surface area contributed by atoms with E-state index in [2.05, 4.69) is 30.9 Å². The van der Waals surface area contributed by atoms with Crippen LogP contribution in [0.4, 0.5) is 0 Å². The van der Waals surface area contributed by atoms with E-state index in [0.29, 0.717) is 6.61 Å². The molecule has 1 heterocycles. The SMILES string of the molecule is CCOc1ccc(C)cc1C(Cl)CN1CCCC(C)C1. The van der Waals surface area contributed by atoms with Gasteiger partial charge in [-0.15, -0.1) is 11.6 Å². The molecule has 2 nitrogen and oxygen atoms in total. The fourth-order valence-electron chi connectivity index (χ4n) is 2.98. The fourth-order valence-corrected chi connectivity index (χ4v) is 3.34. The summed E-state index contributed by atoms with van der Waals surface area (Å²) < 4.78 is 5.72. The Morgan fingerprint density at radius 1 is 1.45 bits per heavy atom. The molecule has 0 spiro atoms. The maximum absolute atomic E-state index is 6.68. The predicted octanol–water partition coefficient (Wildman–Crippen LogP) is 4.41. The van der Waals surface area contributed by atoms with E-state index in [0.717, 1.165) is 23.8 Å². The number of benzene rings is 1. The lowest BCUT2D eigenvalue weighted by molar-refractivity contribution is 0.183. The van der Waals surface area contributed by atoms with Gasteiger partial charge in [0, 0.05) is 18.7 Å². The minimum absolute atomic E-state index is 0.00162. The van der Waals surface area contributed by atoms with Crippen LogP contribution in [0.15, 0.2) is 18.2 Å². The van der Waals surface area contributed by atoms with E-state index in [1.807, 2.05) is 13.0 Å². The summed E-state index contributed by atoms with van der Waals surface area (Å²) in [6.45, 7) is 10.4. The molecule has 0 aromatic heterocycles. The molecule has 1 aromatic carbocycles. The molecule has 2 unspecified atom stereocenters. The van der Waals surface area contributed by atoms with Crippen molar-refractivity contribution in [1.82, 2.24) is 4.90 Å². The first-order chi connectivity index (χ1) is 9.60. The Labute approximate surface area is 128 Å². The fraction of sp³-hybridized carbons (Fsp3) is 0.647. The van der Waals surface area contributed by atoms with Gasteiger partial charge < -0.3 is 9.64 Å². The maximum Gasteiger partial charge on any atom is 0.124 e. The second-order valence-corrected chi connectivity index (χ2v) is 6.48. The molecular weight excluding hydrogens is 270 g/mol. The molecule has 1 aliphatic heterocycles. The van der Waals surface area contributed by atoms with Crippen LogP contribution in [0.3, 0.4) is 0 Å². The Bertz CT molecular complexity index is 435. The van der Waals surface area contributed by atoms with Crippen molar-refractivity contribution in [3.63, 3.8) is 0 Å². The Hall–Kier alpha value is -0.730. The Morgan fingerprint density at radius 2 is 2.25 bits per heavy atom. The van der Waals surface area contributed by atoms with Gasteiger partial charge in [-0.05, 0) is 45.2 Å². The quantitative estimate of drug-likeness (QED) is 0.746. The van der Waals surface area contributed by atoms with E-state index in [9.17, 15) is 0 Å². The summed E-state index contributed by atoms with van der Waals surface area (Å²) >= 11 is 6.68. The molecule has 1 fully saturated rings. The van der Waals surface area contributed by atoms with E-state index in [1.165, 1.54) is 31.5 Å². The molecule has 3 heteroatoms. The maximum atomic E-state index is 6.68. The van der Waals surface area contributed by atoms with Crippen LogP contribution in [0.5, 0.6) is 5.75 Å². The lowest BCUT2D eigenvalue weighted by Crippen LogP contribution is -2.36. The van der Waals surface area contributed by atoms with Gasteiger partial charge in [0.05, 0.1) is 12.0 Å². The van der Waals surface area contributed by atoms with Gasteiger partial charge in [0.25, 0.3) is 0 Å². The topological polar surface area (TPSA) is 12.5 Å². The Morgan fingerprint density at radius 3 is 2.95 bits per heavy atom. The van der Waals surface area contributed by atoms with Gasteiger partial charge in [-0.25, -0.2) is 0 Å². The predicted molar refractivity (Wildman–Crippen MR) is 85.8 cm³/mol. The van der Waals surface area contributed by atoms with Crippen molar-refractivity contribution < 1.29 is 4.74 Å². The molecule has 0 amide bonds. The van der Waals surface area contributed by atoms with Crippen molar-refractivity contribution in [2.24, 2.45) is 5.92 Å². The summed E-state index contributed by atoms with van der Waals surface area (Å²) in [5.41, 5.74) is 2.37. The molecule has 1 saturated heterocycles. The molecule has 0 aliphatic carbocycles. The van der Waals surface area contributed by atoms with Gasteiger partial charge in [0.15, 0.2) is 0 Å². The Kier molecular flexibility index (Phi) is 5.74. The van der Waals surface area contributed by atoms with Gasteiger partial charge in [-0.3, -0.25) is 0 Å². The van der Waals surface area contributed by atoms with Crippen molar-refractivity contribution >= 4 is 11.6 Å². The van der Waals surface area contributed by atoms with Gasteiger partial charge in [-0.2, -0.15) is 0 Å². The van der Waals surface area contributed by atoms with Crippen LogP contribution in [-0.2, 0) is 0 Å². The third kappa shape index (κ3) is 4.13. The lowest BCUT2D eigenvalue weighted by atomic mass is 9.99. The number of hydrogen-bond acceptors (Lipinski definition) is 2. The molecule has 2 atom stereocenters. The summed E-state index contributed by atoms with van der Waals surface area (Å²) in [5, 5.41) is 0.00162. The largest absolute Gasteiger partial charge is 0.494 e. The van der Waals surface area contributed by atoms with Crippen molar-refractivity contribution in [3.05, 3.63) is 29.3 Å². The van der Waals surface area contributed by atoms with Gasteiger partial charge in [0.2, 0.25) is 0 Å². The third-order valence-electron chi connectivity index (χ3n) is 3.96. The first-order valence-corrected chi connectivity index (χ1v) is 8.13. The number of hydrogen-bond donors (Lipinski definition) is 0. The number of aryl methyl sites for hydroxylation is 1. The van der Waals surface area contributed by atoms with Gasteiger partial charge in [-0.1, -0.05) is 24.6 Å².